The van der Waals surface area contributed by atoms with Crippen molar-refractivity contribution in [2.45, 2.75) is 18.9 Å². The fourth-order valence-corrected chi connectivity index (χ4v) is 2.86. The van der Waals surface area contributed by atoms with Crippen LogP contribution in [0.2, 0.25) is 0 Å². The molecule has 25 heavy (non-hydrogen) atoms. The van der Waals surface area contributed by atoms with Crippen molar-refractivity contribution in [2.24, 2.45) is 0 Å². The second-order valence-electron chi connectivity index (χ2n) is 5.63. The number of aryl methyl sites for hydroxylation is 2. The number of carbonyl (C=O) groups is 1. The summed E-state index contributed by atoms with van der Waals surface area (Å²) in [5.41, 5.74) is 4.50. The molecule has 0 saturated carbocycles. The molecular weight excluding hydrogens is 332 g/mol. The van der Waals surface area contributed by atoms with E-state index in [0.717, 1.165) is 22.5 Å². The maximum Gasteiger partial charge on any atom is 0.234 e. The third-order valence-electron chi connectivity index (χ3n) is 3.59. The summed E-state index contributed by atoms with van der Waals surface area (Å²) in [6.07, 6.45) is 1.72. The van der Waals surface area contributed by atoms with Crippen LogP contribution in [-0.4, -0.2) is 26.8 Å². The quantitative estimate of drug-likeness (QED) is 0.707. The Balaban J connectivity index is 1.58. The Morgan fingerprint density at radius 3 is 2.64 bits per heavy atom. The average molecular weight is 350 g/mol. The van der Waals surface area contributed by atoms with Gasteiger partial charge in [-0.2, -0.15) is 0 Å². The Labute approximate surface area is 150 Å². The average Bonchev–Trinajstić information content (AvgIpc) is 2.64. The van der Waals surface area contributed by atoms with Gasteiger partial charge in [-0.1, -0.05) is 30.0 Å². The number of rotatable bonds is 5. The van der Waals surface area contributed by atoms with Crippen molar-refractivity contribution in [1.82, 2.24) is 15.2 Å². The van der Waals surface area contributed by atoms with Gasteiger partial charge in [-0.3, -0.25) is 9.78 Å². The van der Waals surface area contributed by atoms with Crippen LogP contribution >= 0.6 is 11.8 Å². The molecule has 0 spiro atoms. The second-order valence-corrected chi connectivity index (χ2v) is 6.62. The first-order chi connectivity index (χ1) is 12.1. The predicted molar refractivity (Wildman–Crippen MR) is 101 cm³/mol. The highest BCUT2D eigenvalue weighted by molar-refractivity contribution is 7.99. The molecule has 0 bridgehead atoms. The molecule has 0 aliphatic carbocycles. The van der Waals surface area contributed by atoms with Crippen molar-refractivity contribution in [3.63, 3.8) is 0 Å². The molecule has 0 unspecified atom stereocenters. The van der Waals surface area contributed by atoms with Crippen LogP contribution in [0, 0.1) is 13.8 Å². The van der Waals surface area contributed by atoms with Crippen LogP contribution in [0.15, 0.2) is 59.8 Å². The van der Waals surface area contributed by atoms with Crippen molar-refractivity contribution < 1.29 is 4.79 Å². The Kier molecular flexibility index (Phi) is 5.40. The summed E-state index contributed by atoms with van der Waals surface area (Å²) in [7, 11) is 0. The van der Waals surface area contributed by atoms with Gasteiger partial charge < -0.3 is 5.32 Å². The molecule has 2 aromatic heterocycles. The first-order valence-electron chi connectivity index (χ1n) is 7.87. The largest absolute Gasteiger partial charge is 0.325 e. The Morgan fingerprint density at radius 1 is 1.04 bits per heavy atom. The van der Waals surface area contributed by atoms with Crippen molar-refractivity contribution in [3.05, 3.63) is 65.9 Å². The highest BCUT2D eigenvalue weighted by Gasteiger charge is 2.08. The first kappa shape index (κ1) is 17.1. The lowest BCUT2D eigenvalue weighted by atomic mass is 10.1. The molecule has 0 atom stereocenters. The second kappa shape index (κ2) is 7.90. The van der Waals surface area contributed by atoms with E-state index in [1.165, 1.54) is 11.8 Å². The van der Waals surface area contributed by atoms with Gasteiger partial charge in [0.15, 0.2) is 0 Å². The highest BCUT2D eigenvalue weighted by atomic mass is 32.2. The molecular formula is C19H18N4OS. The van der Waals surface area contributed by atoms with E-state index in [-0.39, 0.29) is 11.7 Å². The molecule has 0 saturated heterocycles. The monoisotopic (exact) mass is 350 g/mol. The zero-order chi connectivity index (χ0) is 17.6. The molecule has 0 aliphatic heterocycles. The molecule has 1 aromatic carbocycles. The summed E-state index contributed by atoms with van der Waals surface area (Å²) < 4.78 is 0. The smallest absolute Gasteiger partial charge is 0.234 e. The molecule has 0 aliphatic rings. The van der Waals surface area contributed by atoms with Gasteiger partial charge >= 0.3 is 0 Å². The topological polar surface area (TPSA) is 67.8 Å². The summed E-state index contributed by atoms with van der Waals surface area (Å²) in [6.45, 7) is 3.98. The van der Waals surface area contributed by atoms with Gasteiger partial charge in [-0.25, -0.2) is 0 Å². The van der Waals surface area contributed by atoms with Gasteiger partial charge in [-0.15, -0.1) is 10.2 Å². The number of pyridine rings is 1. The number of carbonyl (C=O) groups excluding carboxylic acids is 1. The third kappa shape index (κ3) is 4.64. The lowest BCUT2D eigenvalue weighted by Gasteiger charge is -2.09. The molecule has 1 amide bonds. The van der Waals surface area contributed by atoms with Crippen LogP contribution in [0.4, 0.5) is 5.69 Å². The molecule has 126 valence electrons. The molecule has 1 N–H and O–H groups in total. The van der Waals surface area contributed by atoms with Crippen LogP contribution in [0.25, 0.3) is 11.4 Å². The minimum absolute atomic E-state index is 0.0608. The minimum atomic E-state index is -0.0608. The predicted octanol–water partition coefficient (Wildman–Crippen LogP) is 3.89. The van der Waals surface area contributed by atoms with E-state index in [1.807, 2.05) is 62.4 Å². The van der Waals surface area contributed by atoms with Crippen LogP contribution in [-0.2, 0) is 4.79 Å². The van der Waals surface area contributed by atoms with Crippen LogP contribution in [0.5, 0.6) is 0 Å². The van der Waals surface area contributed by atoms with E-state index < -0.39 is 0 Å². The maximum atomic E-state index is 12.1. The summed E-state index contributed by atoms with van der Waals surface area (Å²) in [5.74, 6) is 0.222. The van der Waals surface area contributed by atoms with Crippen molar-refractivity contribution in [2.75, 3.05) is 11.1 Å². The number of hydrogen-bond acceptors (Lipinski definition) is 5. The standard InChI is InChI=1S/C19H18N4OS/c1-13-6-7-14(2)17(11-13)21-18(24)12-25-19-9-8-16(22-23-19)15-5-3-4-10-20-15/h3-11H,12H2,1-2H3,(H,21,24). The molecule has 0 radical (unpaired) electrons. The van der Waals surface area contributed by atoms with Crippen molar-refractivity contribution in [3.8, 4) is 11.4 Å². The summed E-state index contributed by atoms with van der Waals surface area (Å²) in [4.78, 5) is 16.4. The normalized spacial score (nSPS) is 10.5. The lowest BCUT2D eigenvalue weighted by Crippen LogP contribution is -2.15. The zero-order valence-corrected chi connectivity index (χ0v) is 14.9. The molecule has 5 nitrogen and oxygen atoms in total. The van der Waals surface area contributed by atoms with Crippen molar-refractivity contribution in [1.29, 1.82) is 0 Å². The number of benzene rings is 1. The van der Waals surface area contributed by atoms with E-state index in [9.17, 15) is 4.79 Å². The van der Waals surface area contributed by atoms with Gasteiger partial charge in [0, 0.05) is 11.9 Å². The van der Waals surface area contributed by atoms with E-state index >= 15 is 0 Å². The van der Waals surface area contributed by atoms with Crippen LogP contribution in [0.1, 0.15) is 11.1 Å². The summed E-state index contributed by atoms with van der Waals surface area (Å²) in [6, 6.07) is 15.4. The molecule has 3 rings (SSSR count). The SMILES string of the molecule is Cc1ccc(C)c(NC(=O)CSc2ccc(-c3ccccn3)nn2)c1. The number of thioether (sulfide) groups is 1. The van der Waals surface area contributed by atoms with Gasteiger partial charge in [-0.05, 0) is 55.3 Å². The van der Waals surface area contributed by atoms with Gasteiger partial charge in [0.1, 0.15) is 10.7 Å². The Bertz CT molecular complexity index is 866. The number of aromatic nitrogens is 3. The molecule has 2 heterocycles. The fourth-order valence-electron chi connectivity index (χ4n) is 2.24. The Morgan fingerprint density at radius 2 is 1.92 bits per heavy atom. The molecule has 6 heteroatoms. The highest BCUT2D eigenvalue weighted by Crippen LogP contribution is 2.20. The zero-order valence-electron chi connectivity index (χ0n) is 14.1. The summed E-state index contributed by atoms with van der Waals surface area (Å²) in [5, 5.41) is 12.0. The van der Waals surface area contributed by atoms with E-state index in [1.54, 1.807) is 6.20 Å². The third-order valence-corrected chi connectivity index (χ3v) is 4.51. The summed E-state index contributed by atoms with van der Waals surface area (Å²) >= 11 is 1.36. The number of nitrogens with zero attached hydrogens (tertiary/aromatic N) is 3. The number of hydrogen-bond donors (Lipinski definition) is 1. The lowest BCUT2D eigenvalue weighted by molar-refractivity contribution is -0.113. The van der Waals surface area contributed by atoms with Gasteiger partial charge in [0.25, 0.3) is 0 Å². The minimum Gasteiger partial charge on any atom is -0.325 e. The van der Waals surface area contributed by atoms with E-state index in [0.29, 0.717) is 10.7 Å². The van der Waals surface area contributed by atoms with Crippen molar-refractivity contribution >= 4 is 23.4 Å². The van der Waals surface area contributed by atoms with E-state index in [2.05, 4.69) is 20.5 Å². The number of nitrogens with one attached hydrogen (secondary N) is 1. The molecule has 0 fully saturated rings. The number of anilines is 1. The van der Waals surface area contributed by atoms with Gasteiger partial charge in [0.2, 0.25) is 5.91 Å². The van der Waals surface area contributed by atoms with Crippen LogP contribution in [0.3, 0.4) is 0 Å². The maximum absolute atomic E-state index is 12.1. The Hall–Kier alpha value is -2.73. The van der Waals surface area contributed by atoms with Gasteiger partial charge in [0.05, 0.1) is 11.4 Å². The number of amides is 1. The fraction of sp³-hybridized carbons (Fsp3) is 0.158. The van der Waals surface area contributed by atoms with E-state index in [4.69, 9.17) is 0 Å². The molecule has 3 aromatic rings. The first-order valence-corrected chi connectivity index (χ1v) is 8.85. The van der Waals surface area contributed by atoms with Crippen LogP contribution < -0.4 is 5.32 Å².